The van der Waals surface area contributed by atoms with Crippen molar-refractivity contribution in [1.29, 1.82) is 0 Å². The number of thioether (sulfide) groups is 1. The molecule has 2 heterocycles. The van der Waals surface area contributed by atoms with Gasteiger partial charge in [-0.15, -0.1) is 10.2 Å². The lowest BCUT2D eigenvalue weighted by Gasteiger charge is -2.10. The summed E-state index contributed by atoms with van der Waals surface area (Å²) < 4.78 is 1.82. The molecule has 0 atom stereocenters. The summed E-state index contributed by atoms with van der Waals surface area (Å²) in [6.07, 6.45) is 4.61. The van der Waals surface area contributed by atoms with Crippen molar-refractivity contribution < 1.29 is 9.72 Å². The second-order valence-corrected chi connectivity index (χ2v) is 8.69. The highest BCUT2D eigenvalue weighted by atomic mass is 35.5. The molecular weight excluding hydrogens is 513 g/mol. The van der Waals surface area contributed by atoms with Crippen LogP contribution < -0.4 is 5.43 Å². The van der Waals surface area contributed by atoms with E-state index >= 15 is 0 Å². The minimum Gasteiger partial charge on any atom is -0.272 e. The van der Waals surface area contributed by atoms with Crippen LogP contribution in [0.2, 0.25) is 10.0 Å². The molecule has 4 rings (SSSR count). The van der Waals surface area contributed by atoms with Gasteiger partial charge in [-0.25, -0.2) is 5.43 Å². The van der Waals surface area contributed by atoms with E-state index in [4.69, 9.17) is 23.2 Å². The number of pyridine rings is 1. The maximum Gasteiger partial charge on any atom is 0.288 e. The first-order valence-electron chi connectivity index (χ1n) is 9.93. The third-order valence-corrected chi connectivity index (χ3v) is 6.06. The van der Waals surface area contributed by atoms with Gasteiger partial charge in [-0.3, -0.25) is 24.5 Å². The third-order valence-electron chi connectivity index (χ3n) is 4.56. The van der Waals surface area contributed by atoms with E-state index in [9.17, 15) is 14.9 Å². The van der Waals surface area contributed by atoms with Crippen LogP contribution >= 0.6 is 35.0 Å². The number of halogens is 2. The van der Waals surface area contributed by atoms with Gasteiger partial charge in [0, 0.05) is 40.3 Å². The van der Waals surface area contributed by atoms with Crippen molar-refractivity contribution >= 4 is 52.8 Å². The molecule has 2 aromatic heterocycles. The number of rotatable bonds is 8. The molecule has 0 spiro atoms. The third kappa shape index (κ3) is 6.01. The molecule has 35 heavy (non-hydrogen) atoms. The summed E-state index contributed by atoms with van der Waals surface area (Å²) in [7, 11) is 0. The topological polar surface area (TPSA) is 128 Å². The molecule has 0 radical (unpaired) electrons. The summed E-state index contributed by atoms with van der Waals surface area (Å²) in [6.45, 7) is 0. The van der Waals surface area contributed by atoms with Gasteiger partial charge in [0.05, 0.1) is 16.9 Å². The van der Waals surface area contributed by atoms with Crippen LogP contribution in [0, 0.1) is 10.1 Å². The van der Waals surface area contributed by atoms with Crippen LogP contribution in [-0.4, -0.2) is 42.5 Å². The smallest absolute Gasteiger partial charge is 0.272 e. The molecule has 0 saturated carbocycles. The number of amides is 1. The zero-order valence-corrected chi connectivity index (χ0v) is 20.0. The quantitative estimate of drug-likeness (QED) is 0.151. The number of nitrogens with one attached hydrogen (secondary N) is 1. The lowest BCUT2D eigenvalue weighted by molar-refractivity contribution is -0.384. The fourth-order valence-electron chi connectivity index (χ4n) is 2.97. The van der Waals surface area contributed by atoms with Crippen molar-refractivity contribution in [2.75, 3.05) is 5.75 Å². The van der Waals surface area contributed by atoms with Crippen molar-refractivity contribution in [1.82, 2.24) is 25.2 Å². The Labute approximate surface area is 213 Å². The van der Waals surface area contributed by atoms with E-state index in [0.717, 1.165) is 11.3 Å². The van der Waals surface area contributed by atoms with E-state index in [0.29, 0.717) is 21.6 Å². The summed E-state index contributed by atoms with van der Waals surface area (Å²) in [5, 5.41) is 24.5. The van der Waals surface area contributed by atoms with Gasteiger partial charge >= 0.3 is 0 Å². The highest BCUT2D eigenvalue weighted by molar-refractivity contribution is 7.99. The highest BCUT2D eigenvalue weighted by Crippen LogP contribution is 2.28. The normalized spacial score (nSPS) is 11.0. The average Bonchev–Trinajstić information content (AvgIpc) is 3.28. The maximum atomic E-state index is 12.3. The Kier molecular flexibility index (Phi) is 7.70. The number of aromatic nitrogens is 4. The van der Waals surface area contributed by atoms with Crippen molar-refractivity contribution in [3.05, 3.63) is 92.7 Å². The van der Waals surface area contributed by atoms with Crippen LogP contribution in [0.1, 0.15) is 5.56 Å². The minimum atomic E-state index is -0.591. The maximum absolute atomic E-state index is 12.3. The van der Waals surface area contributed by atoms with Gasteiger partial charge in [0.2, 0.25) is 0 Å². The summed E-state index contributed by atoms with van der Waals surface area (Å²) >= 11 is 13.0. The van der Waals surface area contributed by atoms with Gasteiger partial charge in [-0.05, 0) is 42.5 Å². The summed E-state index contributed by atoms with van der Waals surface area (Å²) in [5.41, 5.74) is 4.14. The molecule has 2 aromatic carbocycles. The molecule has 1 amide bonds. The van der Waals surface area contributed by atoms with E-state index < -0.39 is 10.8 Å². The van der Waals surface area contributed by atoms with Crippen LogP contribution in [-0.2, 0) is 4.79 Å². The summed E-state index contributed by atoms with van der Waals surface area (Å²) in [6, 6.07) is 15.0. The molecule has 0 bridgehead atoms. The van der Waals surface area contributed by atoms with Crippen LogP contribution in [0.5, 0.6) is 0 Å². The predicted molar refractivity (Wildman–Crippen MR) is 134 cm³/mol. The van der Waals surface area contributed by atoms with E-state index in [1.807, 2.05) is 28.8 Å². The number of nitro groups is 1. The number of carbonyl (C=O) groups is 1. The fourth-order valence-corrected chi connectivity index (χ4v) is 4.02. The number of nitrogens with zero attached hydrogens (tertiary/aromatic N) is 6. The van der Waals surface area contributed by atoms with E-state index in [1.54, 1.807) is 30.6 Å². The molecule has 176 valence electrons. The van der Waals surface area contributed by atoms with E-state index in [-0.39, 0.29) is 16.5 Å². The van der Waals surface area contributed by atoms with Gasteiger partial charge in [-0.2, -0.15) is 5.10 Å². The molecule has 4 aromatic rings. The molecule has 0 unspecified atom stereocenters. The number of hydrogen-bond acceptors (Lipinski definition) is 8. The molecule has 0 saturated heterocycles. The molecule has 0 fully saturated rings. The Morgan fingerprint density at radius 2 is 1.86 bits per heavy atom. The molecule has 10 nitrogen and oxygen atoms in total. The van der Waals surface area contributed by atoms with Crippen LogP contribution in [0.4, 0.5) is 5.69 Å². The number of carbonyl (C=O) groups excluding carboxylic acids is 1. The molecule has 0 aliphatic heterocycles. The van der Waals surface area contributed by atoms with Gasteiger partial charge < -0.3 is 0 Å². The van der Waals surface area contributed by atoms with E-state index in [1.165, 1.54) is 30.1 Å². The number of hydrogen-bond donors (Lipinski definition) is 1. The molecule has 13 heteroatoms. The largest absolute Gasteiger partial charge is 0.288 e. The first kappa shape index (κ1) is 24.3. The standard InChI is InChI=1S/C22H15Cl2N7O3S/c23-16-2-4-17(5-3-16)30-21(15-7-9-25-10-8-15)28-29-22(30)35-13-20(32)27-26-12-14-1-6-18(24)19(11-14)31(33)34/h1-12H,13H2,(H,27,32)/b26-12+. The fraction of sp³-hybridized carbons (Fsp3) is 0.0455. The van der Waals surface area contributed by atoms with Crippen LogP contribution in [0.3, 0.4) is 0 Å². The Bertz CT molecular complexity index is 1400. The Balaban J connectivity index is 1.48. The lowest BCUT2D eigenvalue weighted by atomic mass is 10.2. The van der Waals surface area contributed by atoms with E-state index in [2.05, 4.69) is 25.7 Å². The van der Waals surface area contributed by atoms with Gasteiger partial charge in [0.25, 0.3) is 11.6 Å². The first-order chi connectivity index (χ1) is 16.9. The first-order valence-corrected chi connectivity index (χ1v) is 11.7. The zero-order chi connectivity index (χ0) is 24.8. The van der Waals surface area contributed by atoms with Crippen molar-refractivity contribution in [3.63, 3.8) is 0 Å². The summed E-state index contributed by atoms with van der Waals surface area (Å²) in [5.74, 6) is 0.186. The Hall–Kier alpha value is -3.80. The average molecular weight is 528 g/mol. The number of nitro benzene ring substituents is 1. The number of hydrazone groups is 1. The van der Waals surface area contributed by atoms with Crippen molar-refractivity contribution in [2.45, 2.75) is 5.16 Å². The molecular formula is C22H15Cl2N7O3S. The molecule has 1 N–H and O–H groups in total. The van der Waals surface area contributed by atoms with Crippen LogP contribution in [0.25, 0.3) is 17.1 Å². The van der Waals surface area contributed by atoms with Gasteiger partial charge in [-0.1, -0.05) is 41.0 Å². The molecule has 0 aliphatic carbocycles. The van der Waals surface area contributed by atoms with Gasteiger partial charge in [0.1, 0.15) is 5.02 Å². The second-order valence-electron chi connectivity index (χ2n) is 6.90. The number of benzene rings is 2. The van der Waals surface area contributed by atoms with Crippen LogP contribution in [0.15, 0.2) is 77.2 Å². The Morgan fingerprint density at radius 1 is 1.11 bits per heavy atom. The zero-order valence-electron chi connectivity index (χ0n) is 17.7. The highest BCUT2D eigenvalue weighted by Gasteiger charge is 2.17. The monoisotopic (exact) mass is 527 g/mol. The SMILES string of the molecule is O=C(CSc1nnc(-c2ccncc2)n1-c1ccc(Cl)cc1)N/N=C/c1ccc(Cl)c([N+](=O)[O-])c1. The molecule has 0 aliphatic rings. The Morgan fingerprint density at radius 3 is 2.57 bits per heavy atom. The second kappa shape index (κ2) is 11.1. The predicted octanol–water partition coefficient (Wildman–Crippen LogP) is 4.79. The van der Waals surface area contributed by atoms with Gasteiger partial charge in [0.15, 0.2) is 11.0 Å². The van der Waals surface area contributed by atoms with Crippen molar-refractivity contribution in [3.8, 4) is 17.1 Å². The lowest BCUT2D eigenvalue weighted by Crippen LogP contribution is -2.20. The van der Waals surface area contributed by atoms with Crippen molar-refractivity contribution in [2.24, 2.45) is 5.10 Å². The minimum absolute atomic E-state index is 0.000173. The summed E-state index contributed by atoms with van der Waals surface area (Å²) in [4.78, 5) is 26.8.